The first-order chi connectivity index (χ1) is 7.33. The van der Waals surface area contributed by atoms with E-state index < -0.39 is 16.2 Å². The highest BCUT2D eigenvalue weighted by Gasteiger charge is 2.19. The van der Waals surface area contributed by atoms with Crippen molar-refractivity contribution >= 4 is 27.5 Å². The van der Waals surface area contributed by atoms with Crippen molar-refractivity contribution in [3.05, 3.63) is 15.8 Å². The van der Waals surface area contributed by atoms with Crippen molar-refractivity contribution in [3.8, 4) is 5.75 Å². The number of hydrogen-bond donors (Lipinski definition) is 2. The Hall–Kier alpha value is -1.12. The number of hydrogen-bond acceptors (Lipinski definition) is 5. The third-order valence-corrected chi connectivity index (χ3v) is 3.02. The van der Waals surface area contributed by atoms with E-state index in [1.54, 1.807) is 19.9 Å². The van der Waals surface area contributed by atoms with E-state index in [-0.39, 0.29) is 4.88 Å². The van der Waals surface area contributed by atoms with Gasteiger partial charge >= 0.3 is 10.3 Å². The number of thiophene rings is 1. The molecule has 1 heterocycles. The average molecular weight is 265 g/mol. The van der Waals surface area contributed by atoms with Gasteiger partial charge in [-0.1, -0.05) is 0 Å². The molecule has 0 saturated heterocycles. The number of amides is 1. The van der Waals surface area contributed by atoms with Crippen molar-refractivity contribution in [2.75, 3.05) is 6.61 Å². The molecule has 1 aromatic heterocycles. The number of aryl methyl sites for hydroxylation is 1. The van der Waals surface area contributed by atoms with Crippen LogP contribution in [0.4, 0.5) is 0 Å². The number of carbonyl (C=O) groups excluding carboxylic acids is 1. The van der Waals surface area contributed by atoms with Crippen LogP contribution in [0.15, 0.2) is 6.07 Å². The Kier molecular flexibility index (Phi) is 3.89. The monoisotopic (exact) mass is 265 g/mol. The van der Waals surface area contributed by atoms with Crippen molar-refractivity contribution in [3.63, 3.8) is 0 Å². The number of nitrogens with one attached hydrogen (secondary N) is 1. The lowest BCUT2D eigenvalue weighted by Crippen LogP contribution is -2.29. The highest BCUT2D eigenvalue weighted by atomic mass is 32.2. The van der Waals surface area contributed by atoms with Crippen LogP contribution in [0.25, 0.3) is 0 Å². The third-order valence-electron chi connectivity index (χ3n) is 1.55. The van der Waals surface area contributed by atoms with Gasteiger partial charge in [-0.05, 0) is 19.9 Å². The van der Waals surface area contributed by atoms with Crippen molar-refractivity contribution < 1.29 is 22.5 Å². The minimum absolute atomic E-state index is 0.122. The quantitative estimate of drug-likeness (QED) is 0.792. The van der Waals surface area contributed by atoms with Crippen LogP contribution in [0.5, 0.6) is 5.75 Å². The maximum absolute atomic E-state index is 11.4. The molecule has 90 valence electrons. The summed E-state index contributed by atoms with van der Waals surface area (Å²) in [7, 11) is -4.54. The predicted octanol–water partition coefficient (Wildman–Crippen LogP) is 0.988. The molecule has 6 nitrogen and oxygen atoms in total. The molecule has 0 unspecified atom stereocenters. The van der Waals surface area contributed by atoms with Gasteiger partial charge in [-0.15, -0.1) is 11.3 Å². The van der Waals surface area contributed by atoms with E-state index in [0.29, 0.717) is 12.4 Å². The van der Waals surface area contributed by atoms with E-state index in [1.165, 1.54) is 4.72 Å². The Morgan fingerprint density at radius 3 is 2.75 bits per heavy atom. The molecule has 0 bridgehead atoms. The highest BCUT2D eigenvalue weighted by molar-refractivity contribution is 7.84. The van der Waals surface area contributed by atoms with Crippen LogP contribution in [0.2, 0.25) is 0 Å². The van der Waals surface area contributed by atoms with Crippen LogP contribution < -0.4 is 9.46 Å². The maximum Gasteiger partial charge on any atom is 0.359 e. The molecule has 0 spiro atoms. The number of ether oxygens (including phenoxy) is 1. The van der Waals surface area contributed by atoms with Gasteiger partial charge < -0.3 is 4.74 Å². The molecule has 0 radical (unpaired) electrons. The highest BCUT2D eigenvalue weighted by Crippen LogP contribution is 2.28. The molecule has 1 aromatic rings. The average Bonchev–Trinajstić information content (AvgIpc) is 2.44. The van der Waals surface area contributed by atoms with E-state index in [1.807, 2.05) is 0 Å². The van der Waals surface area contributed by atoms with Crippen molar-refractivity contribution in [1.29, 1.82) is 0 Å². The molecule has 1 rings (SSSR count). The van der Waals surface area contributed by atoms with Gasteiger partial charge in [-0.25, -0.2) is 4.72 Å². The number of carbonyl (C=O) groups is 1. The van der Waals surface area contributed by atoms with Gasteiger partial charge in [0.05, 0.1) is 6.61 Å². The molecule has 0 aromatic carbocycles. The zero-order valence-corrected chi connectivity index (χ0v) is 10.3. The molecule has 0 aliphatic carbocycles. The smallest absolute Gasteiger partial charge is 0.359 e. The van der Waals surface area contributed by atoms with Crippen molar-refractivity contribution in [1.82, 2.24) is 4.72 Å². The van der Waals surface area contributed by atoms with Crippen molar-refractivity contribution in [2.45, 2.75) is 13.8 Å². The second kappa shape index (κ2) is 4.81. The summed E-state index contributed by atoms with van der Waals surface area (Å²) in [6.07, 6.45) is 0. The SMILES string of the molecule is CCOc1cc(C)sc1C(=O)NS(=O)(=O)O. The summed E-state index contributed by atoms with van der Waals surface area (Å²) in [4.78, 5) is 12.4. The summed E-state index contributed by atoms with van der Waals surface area (Å²) in [6, 6.07) is 1.63. The molecule has 2 N–H and O–H groups in total. The van der Waals surface area contributed by atoms with Crippen LogP contribution in [0, 0.1) is 6.92 Å². The standard InChI is InChI=1S/C8H11NO5S2/c1-3-14-6-4-5(2)15-7(6)8(10)9-16(11,12)13/h4H,3H2,1-2H3,(H,9,10)(H,11,12,13). The van der Waals surface area contributed by atoms with E-state index in [9.17, 15) is 13.2 Å². The Morgan fingerprint density at radius 2 is 2.25 bits per heavy atom. The molecule has 0 fully saturated rings. The third kappa shape index (κ3) is 3.47. The van der Waals surface area contributed by atoms with Crippen LogP contribution >= 0.6 is 11.3 Å². The fourth-order valence-corrected chi connectivity index (χ4v) is 2.33. The van der Waals surface area contributed by atoms with Gasteiger partial charge in [-0.3, -0.25) is 9.35 Å². The molecule has 8 heteroatoms. The minimum atomic E-state index is -4.54. The largest absolute Gasteiger partial charge is 0.492 e. The van der Waals surface area contributed by atoms with E-state index in [2.05, 4.69) is 0 Å². The van der Waals surface area contributed by atoms with E-state index in [4.69, 9.17) is 9.29 Å². The first-order valence-electron chi connectivity index (χ1n) is 4.36. The second-order valence-electron chi connectivity index (χ2n) is 2.89. The molecule has 0 aliphatic heterocycles. The molecular formula is C8H11NO5S2. The summed E-state index contributed by atoms with van der Waals surface area (Å²) in [5, 5.41) is 0. The predicted molar refractivity (Wildman–Crippen MR) is 59.2 cm³/mol. The lowest BCUT2D eigenvalue weighted by Gasteiger charge is -2.03. The summed E-state index contributed by atoms with van der Waals surface area (Å²) >= 11 is 1.09. The van der Waals surface area contributed by atoms with Gasteiger partial charge in [0.15, 0.2) is 0 Å². The molecule has 0 saturated carbocycles. The van der Waals surface area contributed by atoms with Crippen LogP contribution in [0.1, 0.15) is 21.5 Å². The Bertz CT molecular complexity index is 491. The summed E-state index contributed by atoms with van der Waals surface area (Å²) in [5.74, 6) is -0.588. The molecule has 0 atom stereocenters. The Labute approximate surface area is 97.1 Å². The Balaban J connectivity index is 2.98. The lowest BCUT2D eigenvalue weighted by atomic mass is 10.4. The lowest BCUT2D eigenvalue weighted by molar-refractivity contribution is 0.0979. The zero-order chi connectivity index (χ0) is 12.3. The van der Waals surface area contributed by atoms with E-state index in [0.717, 1.165) is 16.2 Å². The Morgan fingerprint density at radius 1 is 1.62 bits per heavy atom. The van der Waals surface area contributed by atoms with Gasteiger partial charge in [0.1, 0.15) is 10.6 Å². The van der Waals surface area contributed by atoms with Gasteiger partial charge in [0.25, 0.3) is 5.91 Å². The van der Waals surface area contributed by atoms with Crippen molar-refractivity contribution in [2.24, 2.45) is 0 Å². The normalized spacial score (nSPS) is 11.2. The molecule has 1 amide bonds. The molecule has 16 heavy (non-hydrogen) atoms. The molecule has 0 aliphatic rings. The molecular weight excluding hydrogens is 254 g/mol. The number of rotatable bonds is 4. The van der Waals surface area contributed by atoms with E-state index >= 15 is 0 Å². The van der Waals surface area contributed by atoms with Crippen LogP contribution in [0.3, 0.4) is 0 Å². The van der Waals surface area contributed by atoms with Gasteiger partial charge in [0.2, 0.25) is 0 Å². The van der Waals surface area contributed by atoms with Crippen LogP contribution in [-0.4, -0.2) is 25.5 Å². The first kappa shape index (κ1) is 12.9. The summed E-state index contributed by atoms with van der Waals surface area (Å²) in [6.45, 7) is 3.87. The maximum atomic E-state index is 11.4. The minimum Gasteiger partial charge on any atom is -0.492 e. The summed E-state index contributed by atoms with van der Waals surface area (Å²) < 4.78 is 36.1. The van der Waals surface area contributed by atoms with Crippen LogP contribution in [-0.2, 0) is 10.3 Å². The van der Waals surface area contributed by atoms with Gasteiger partial charge in [0, 0.05) is 4.88 Å². The van der Waals surface area contributed by atoms with Gasteiger partial charge in [-0.2, -0.15) is 8.42 Å². The second-order valence-corrected chi connectivity index (χ2v) is 5.30. The topological polar surface area (TPSA) is 92.7 Å². The fraction of sp³-hybridized carbons (Fsp3) is 0.375. The fourth-order valence-electron chi connectivity index (χ4n) is 1.08. The first-order valence-corrected chi connectivity index (χ1v) is 6.62. The summed E-state index contributed by atoms with van der Waals surface area (Å²) in [5.41, 5.74) is 0. The zero-order valence-electron chi connectivity index (χ0n) is 8.68.